The van der Waals surface area contributed by atoms with Gasteiger partial charge in [-0.2, -0.15) is 0 Å². The summed E-state index contributed by atoms with van der Waals surface area (Å²) in [4.78, 5) is 7.50. The first kappa shape index (κ1) is 25.1. The van der Waals surface area contributed by atoms with E-state index in [4.69, 9.17) is 5.73 Å². The van der Waals surface area contributed by atoms with Crippen LogP contribution in [0.15, 0.2) is 141 Å². The van der Waals surface area contributed by atoms with Crippen LogP contribution in [0.1, 0.15) is 25.0 Å². The standard InChI is InChI=1S/C39H28N2S2/c1-39(2)29-10-4-3-9-27(29)28-18-16-23(19-30(28)39)24-15-17-26(31(40)20-24)25-21-36-38-37(22-25)43-35-14-8-6-12-33(35)41(38)32-11-5-7-13-34(32)42-36/h3-22H,40H2,1-2H3. The predicted octanol–water partition coefficient (Wildman–Crippen LogP) is 11.3. The second-order valence-electron chi connectivity index (χ2n) is 12.0. The Morgan fingerprint density at radius 1 is 0.512 bits per heavy atom. The molecule has 2 aliphatic heterocycles. The summed E-state index contributed by atoms with van der Waals surface area (Å²) in [6, 6.07) is 44.3. The highest BCUT2D eigenvalue weighted by Gasteiger charge is 2.36. The molecule has 0 saturated carbocycles. The Morgan fingerprint density at radius 2 is 1.07 bits per heavy atom. The van der Waals surface area contributed by atoms with Gasteiger partial charge in [0.1, 0.15) is 0 Å². The summed E-state index contributed by atoms with van der Waals surface area (Å²) in [5, 5.41) is 0. The van der Waals surface area contributed by atoms with Crippen molar-refractivity contribution in [3.63, 3.8) is 0 Å². The molecular weight excluding hydrogens is 561 g/mol. The number of para-hydroxylation sites is 2. The lowest BCUT2D eigenvalue weighted by Gasteiger charge is -2.38. The molecule has 0 bridgehead atoms. The first-order valence-corrected chi connectivity index (χ1v) is 16.3. The first-order valence-electron chi connectivity index (χ1n) is 14.6. The molecule has 2 heterocycles. The van der Waals surface area contributed by atoms with Crippen LogP contribution < -0.4 is 10.6 Å². The molecule has 9 rings (SSSR count). The Hall–Kier alpha value is -4.38. The minimum atomic E-state index is -0.0294. The Balaban J connectivity index is 1.13. The minimum Gasteiger partial charge on any atom is -0.398 e. The Bertz CT molecular complexity index is 2070. The van der Waals surface area contributed by atoms with Crippen LogP contribution in [0.5, 0.6) is 0 Å². The van der Waals surface area contributed by atoms with Crippen LogP contribution in [-0.2, 0) is 5.41 Å². The van der Waals surface area contributed by atoms with Crippen molar-refractivity contribution in [2.45, 2.75) is 38.8 Å². The number of nitrogen functional groups attached to an aromatic ring is 1. The lowest BCUT2D eigenvalue weighted by atomic mass is 9.81. The third-order valence-electron chi connectivity index (χ3n) is 9.20. The molecule has 0 saturated heterocycles. The zero-order chi connectivity index (χ0) is 28.9. The molecule has 43 heavy (non-hydrogen) atoms. The molecule has 0 unspecified atom stereocenters. The van der Waals surface area contributed by atoms with Crippen LogP contribution in [-0.4, -0.2) is 0 Å². The van der Waals surface area contributed by atoms with Crippen LogP contribution in [0.25, 0.3) is 33.4 Å². The number of anilines is 4. The zero-order valence-corrected chi connectivity index (χ0v) is 25.5. The van der Waals surface area contributed by atoms with Gasteiger partial charge in [-0.1, -0.05) is 110 Å². The summed E-state index contributed by atoms with van der Waals surface area (Å²) < 4.78 is 0. The van der Waals surface area contributed by atoms with Gasteiger partial charge in [0, 0.05) is 36.2 Å². The molecule has 2 nitrogen and oxygen atoms in total. The minimum absolute atomic E-state index is 0.0294. The van der Waals surface area contributed by atoms with Crippen molar-refractivity contribution >= 4 is 46.3 Å². The van der Waals surface area contributed by atoms with Crippen molar-refractivity contribution in [3.8, 4) is 33.4 Å². The summed E-state index contributed by atoms with van der Waals surface area (Å²) in [5.41, 5.74) is 21.4. The van der Waals surface area contributed by atoms with Gasteiger partial charge in [0.25, 0.3) is 0 Å². The molecule has 0 amide bonds. The quantitative estimate of drug-likeness (QED) is 0.203. The first-order chi connectivity index (χ1) is 21.0. The van der Waals surface area contributed by atoms with E-state index in [2.05, 4.69) is 140 Å². The second kappa shape index (κ2) is 9.06. The summed E-state index contributed by atoms with van der Waals surface area (Å²) in [6.45, 7) is 4.66. The molecule has 206 valence electrons. The van der Waals surface area contributed by atoms with E-state index >= 15 is 0 Å². The molecule has 0 spiro atoms. The maximum atomic E-state index is 6.86. The molecule has 1 aliphatic carbocycles. The van der Waals surface area contributed by atoms with E-state index in [1.165, 1.54) is 64.5 Å². The molecule has 2 N–H and O–H groups in total. The van der Waals surface area contributed by atoms with Crippen molar-refractivity contribution in [2.24, 2.45) is 0 Å². The predicted molar refractivity (Wildman–Crippen MR) is 182 cm³/mol. The second-order valence-corrected chi connectivity index (χ2v) is 14.2. The average Bonchev–Trinajstić information content (AvgIpc) is 3.26. The molecule has 0 radical (unpaired) electrons. The topological polar surface area (TPSA) is 29.3 Å². The van der Waals surface area contributed by atoms with Gasteiger partial charge in [0.05, 0.1) is 17.1 Å². The molecular formula is C39H28N2S2. The molecule has 0 fully saturated rings. The largest absolute Gasteiger partial charge is 0.398 e. The Kier molecular flexibility index (Phi) is 5.30. The van der Waals surface area contributed by atoms with Gasteiger partial charge < -0.3 is 10.6 Å². The number of benzene rings is 6. The SMILES string of the molecule is CC1(C)c2ccccc2-c2ccc(-c3ccc(-c4cc5c6c(c4)Sc4ccccc4N6c4ccccc4S5)c(N)c3)cc21. The van der Waals surface area contributed by atoms with Crippen molar-refractivity contribution in [3.05, 3.63) is 132 Å². The van der Waals surface area contributed by atoms with Gasteiger partial charge in [-0.05, 0) is 87.5 Å². The van der Waals surface area contributed by atoms with E-state index in [-0.39, 0.29) is 5.41 Å². The van der Waals surface area contributed by atoms with Gasteiger partial charge >= 0.3 is 0 Å². The van der Waals surface area contributed by atoms with E-state index in [1.54, 1.807) is 0 Å². The monoisotopic (exact) mass is 588 g/mol. The normalized spacial score (nSPS) is 14.8. The molecule has 0 atom stereocenters. The van der Waals surface area contributed by atoms with Crippen LogP contribution in [0.2, 0.25) is 0 Å². The van der Waals surface area contributed by atoms with Crippen molar-refractivity contribution in [2.75, 3.05) is 10.6 Å². The fourth-order valence-electron chi connectivity index (χ4n) is 7.07. The molecule has 3 aliphatic rings. The lowest BCUT2D eigenvalue weighted by molar-refractivity contribution is 0.660. The summed E-state index contributed by atoms with van der Waals surface area (Å²) in [7, 11) is 0. The summed E-state index contributed by atoms with van der Waals surface area (Å²) in [5.74, 6) is 0. The van der Waals surface area contributed by atoms with Gasteiger partial charge in [0.2, 0.25) is 0 Å². The zero-order valence-electron chi connectivity index (χ0n) is 23.9. The number of hydrogen-bond acceptors (Lipinski definition) is 4. The van der Waals surface area contributed by atoms with Gasteiger partial charge in [-0.25, -0.2) is 0 Å². The van der Waals surface area contributed by atoms with Gasteiger partial charge in [-0.15, -0.1) is 0 Å². The van der Waals surface area contributed by atoms with Crippen LogP contribution in [0.3, 0.4) is 0 Å². The number of nitrogens with zero attached hydrogens (tertiary/aromatic N) is 1. The molecule has 4 heteroatoms. The number of nitrogens with two attached hydrogens (primary N) is 1. The highest BCUT2D eigenvalue weighted by atomic mass is 32.2. The van der Waals surface area contributed by atoms with Crippen molar-refractivity contribution < 1.29 is 0 Å². The number of rotatable bonds is 2. The van der Waals surface area contributed by atoms with E-state index in [1.807, 2.05) is 23.5 Å². The lowest BCUT2D eigenvalue weighted by Crippen LogP contribution is -2.19. The van der Waals surface area contributed by atoms with E-state index in [9.17, 15) is 0 Å². The Labute approximate surface area is 260 Å². The fourth-order valence-corrected chi connectivity index (χ4v) is 9.39. The molecule has 6 aromatic rings. The van der Waals surface area contributed by atoms with E-state index in [0.717, 1.165) is 22.4 Å². The molecule has 6 aromatic carbocycles. The van der Waals surface area contributed by atoms with E-state index in [0.29, 0.717) is 0 Å². The average molecular weight is 589 g/mol. The third kappa shape index (κ3) is 3.63. The highest BCUT2D eigenvalue weighted by molar-refractivity contribution is 8.00. The van der Waals surface area contributed by atoms with Crippen LogP contribution in [0.4, 0.5) is 22.7 Å². The van der Waals surface area contributed by atoms with Gasteiger partial charge in [-0.3, -0.25) is 0 Å². The van der Waals surface area contributed by atoms with Crippen molar-refractivity contribution in [1.29, 1.82) is 0 Å². The van der Waals surface area contributed by atoms with Gasteiger partial charge in [0.15, 0.2) is 0 Å². The fraction of sp³-hybridized carbons (Fsp3) is 0.0769. The summed E-state index contributed by atoms with van der Waals surface area (Å²) in [6.07, 6.45) is 0. The smallest absolute Gasteiger partial charge is 0.0742 e. The maximum Gasteiger partial charge on any atom is 0.0742 e. The van der Waals surface area contributed by atoms with Crippen molar-refractivity contribution in [1.82, 2.24) is 0 Å². The molecule has 0 aromatic heterocycles. The maximum absolute atomic E-state index is 6.86. The third-order valence-corrected chi connectivity index (χ3v) is 11.4. The van der Waals surface area contributed by atoms with Crippen LogP contribution >= 0.6 is 23.5 Å². The highest BCUT2D eigenvalue weighted by Crippen LogP contribution is 2.61. The summed E-state index contributed by atoms with van der Waals surface area (Å²) >= 11 is 3.70. The van der Waals surface area contributed by atoms with Crippen LogP contribution in [0, 0.1) is 0 Å². The Morgan fingerprint density at radius 3 is 1.74 bits per heavy atom. The van der Waals surface area contributed by atoms with E-state index < -0.39 is 0 Å². The number of fused-ring (bicyclic) bond motifs is 7. The number of hydrogen-bond donors (Lipinski definition) is 1.